The van der Waals surface area contributed by atoms with Gasteiger partial charge in [0.25, 0.3) is 0 Å². The molecule has 3 aromatic rings. The summed E-state index contributed by atoms with van der Waals surface area (Å²) in [6, 6.07) is 11.2. The third kappa shape index (κ3) is 5.46. The van der Waals surface area contributed by atoms with Gasteiger partial charge < -0.3 is 10.3 Å². The van der Waals surface area contributed by atoms with Crippen LogP contribution in [0, 0.1) is 6.92 Å². The zero-order chi connectivity index (χ0) is 25.4. The summed E-state index contributed by atoms with van der Waals surface area (Å²) in [4.78, 5) is 0.263. The number of allylic oxidation sites excluding steroid dienone is 1. The van der Waals surface area contributed by atoms with Crippen molar-refractivity contribution in [2.45, 2.75) is 42.4 Å². The van der Waals surface area contributed by atoms with E-state index in [1.807, 2.05) is 0 Å². The zero-order valence-electron chi connectivity index (χ0n) is 20.3. The average molecular weight is 544 g/mol. The number of hydrogen-bond acceptors (Lipinski definition) is 5. The Labute approximate surface area is 212 Å². The lowest BCUT2D eigenvalue weighted by Crippen LogP contribution is -2.22. The molecule has 0 amide bonds. The summed E-state index contributed by atoms with van der Waals surface area (Å²) in [5.41, 5.74) is 8.00. The number of rotatable bonds is 8. The highest BCUT2D eigenvalue weighted by atomic mass is 35.5. The van der Waals surface area contributed by atoms with Crippen molar-refractivity contribution in [3.05, 3.63) is 60.1 Å². The molecule has 1 aromatic heterocycles. The fraction of sp³-hybridized carbons (Fsp3) is 0.333. The first kappa shape index (κ1) is 29.0. The molecule has 0 unspecified atom stereocenters. The highest BCUT2D eigenvalue weighted by Gasteiger charge is 2.24. The fourth-order valence-corrected chi connectivity index (χ4v) is 5.88. The molecule has 0 fully saturated rings. The first-order chi connectivity index (χ1) is 15.8. The van der Waals surface area contributed by atoms with Crippen LogP contribution in [0.25, 0.3) is 22.0 Å². The van der Waals surface area contributed by atoms with Gasteiger partial charge in [0.2, 0.25) is 10.0 Å². The van der Waals surface area contributed by atoms with E-state index >= 15 is 0 Å². The van der Waals surface area contributed by atoms with Gasteiger partial charge in [0.1, 0.15) is 5.83 Å². The summed E-state index contributed by atoms with van der Waals surface area (Å²) < 4.78 is 68.5. The minimum Gasteiger partial charge on any atom is -0.337 e. The molecule has 3 rings (SSSR count). The molecule has 35 heavy (non-hydrogen) atoms. The average Bonchev–Trinajstić information content (AvgIpc) is 3.04. The Bertz CT molecular complexity index is 1480. The number of hydrogen-bond donors (Lipinski definition) is 1. The maximum Gasteiger partial charge on any atom is 0.242 e. The Kier molecular flexibility index (Phi) is 8.94. The molecule has 1 heterocycles. The van der Waals surface area contributed by atoms with Crippen molar-refractivity contribution in [3.8, 4) is 11.1 Å². The largest absolute Gasteiger partial charge is 0.337 e. The molecule has 0 aliphatic carbocycles. The highest BCUT2D eigenvalue weighted by molar-refractivity contribution is 7.92. The number of fused-ring (bicyclic) bond motifs is 1. The van der Waals surface area contributed by atoms with E-state index in [4.69, 9.17) is 5.73 Å². The lowest BCUT2D eigenvalue weighted by atomic mass is 10.0. The fourth-order valence-electron chi connectivity index (χ4n) is 3.84. The van der Waals surface area contributed by atoms with Crippen molar-refractivity contribution in [2.75, 3.05) is 20.6 Å². The van der Waals surface area contributed by atoms with Crippen LogP contribution < -0.4 is 5.73 Å². The summed E-state index contributed by atoms with van der Waals surface area (Å²) in [6.07, 6.45) is 1.28. The topological polar surface area (TPSA) is 102 Å². The van der Waals surface area contributed by atoms with Crippen LogP contribution >= 0.6 is 12.4 Å². The molecule has 0 saturated heterocycles. The van der Waals surface area contributed by atoms with E-state index < -0.39 is 30.9 Å². The van der Waals surface area contributed by atoms with Gasteiger partial charge in [-0.2, -0.15) is 0 Å². The number of sulfonamides is 1. The van der Waals surface area contributed by atoms with Crippen molar-refractivity contribution in [3.63, 3.8) is 0 Å². The molecule has 192 valence electrons. The maximum absolute atomic E-state index is 14.5. The van der Waals surface area contributed by atoms with Crippen molar-refractivity contribution in [1.82, 2.24) is 8.87 Å². The molecule has 0 aliphatic heterocycles. The number of nitrogens with two attached hydrogens (primary N) is 1. The van der Waals surface area contributed by atoms with Crippen molar-refractivity contribution >= 4 is 43.2 Å². The van der Waals surface area contributed by atoms with Crippen LogP contribution in [0.15, 0.2) is 64.2 Å². The van der Waals surface area contributed by atoms with E-state index in [0.29, 0.717) is 27.7 Å². The number of aromatic nitrogens is 1. The van der Waals surface area contributed by atoms with Gasteiger partial charge in [-0.1, -0.05) is 12.1 Å². The molecule has 0 saturated carbocycles. The highest BCUT2D eigenvalue weighted by Crippen LogP contribution is 2.38. The minimum absolute atomic E-state index is 0. The van der Waals surface area contributed by atoms with Crippen molar-refractivity contribution < 1.29 is 21.2 Å². The van der Waals surface area contributed by atoms with Crippen LogP contribution in [-0.2, 0) is 26.4 Å². The van der Waals surface area contributed by atoms with Crippen LogP contribution in [-0.4, -0.2) is 51.6 Å². The molecule has 11 heteroatoms. The normalized spacial score (nSPS) is 13.0. The summed E-state index contributed by atoms with van der Waals surface area (Å²) in [7, 11) is -4.34. The first-order valence-electron chi connectivity index (χ1n) is 10.8. The van der Waals surface area contributed by atoms with Gasteiger partial charge in [-0.25, -0.2) is 25.5 Å². The van der Waals surface area contributed by atoms with Gasteiger partial charge in [0, 0.05) is 42.8 Å². The number of halogens is 2. The Morgan fingerprint density at radius 3 is 2.31 bits per heavy atom. The van der Waals surface area contributed by atoms with Crippen LogP contribution in [0.4, 0.5) is 4.39 Å². The summed E-state index contributed by atoms with van der Waals surface area (Å²) >= 11 is 0. The van der Waals surface area contributed by atoms with Gasteiger partial charge in [-0.05, 0) is 62.7 Å². The zero-order valence-corrected chi connectivity index (χ0v) is 22.8. The third-order valence-corrected chi connectivity index (χ3v) is 9.76. The Morgan fingerprint density at radius 1 is 1.09 bits per heavy atom. The van der Waals surface area contributed by atoms with Gasteiger partial charge in [0.15, 0.2) is 9.84 Å². The van der Waals surface area contributed by atoms with Crippen LogP contribution in [0.1, 0.15) is 19.5 Å². The lowest BCUT2D eigenvalue weighted by molar-refractivity contribution is 0.521. The summed E-state index contributed by atoms with van der Waals surface area (Å²) in [6.45, 7) is 5.00. The number of nitrogens with zero attached hydrogens (tertiary/aromatic N) is 2. The van der Waals surface area contributed by atoms with E-state index in [1.165, 1.54) is 32.3 Å². The molecule has 0 atom stereocenters. The minimum atomic E-state index is -3.69. The monoisotopic (exact) mass is 543 g/mol. The molecule has 7 nitrogen and oxygen atoms in total. The van der Waals surface area contributed by atoms with Crippen LogP contribution in [0.2, 0.25) is 0 Å². The molecule has 0 radical (unpaired) electrons. The van der Waals surface area contributed by atoms with E-state index in [-0.39, 0.29) is 35.3 Å². The van der Waals surface area contributed by atoms with Gasteiger partial charge >= 0.3 is 0 Å². The molecule has 2 aromatic carbocycles. The molecule has 2 N–H and O–H groups in total. The molecular weight excluding hydrogens is 513 g/mol. The Morgan fingerprint density at radius 2 is 1.74 bits per heavy atom. The van der Waals surface area contributed by atoms with Gasteiger partial charge in [-0.3, -0.25) is 0 Å². The van der Waals surface area contributed by atoms with Crippen molar-refractivity contribution in [1.29, 1.82) is 0 Å². The molecule has 0 aliphatic rings. The standard InChI is InChI=1S/C24H30FN3O4S2.ClH/c1-16(2)33(29,30)20-9-10-23-22(14-20)24(17(3)28(23)15-19(25)11-12-26)18-7-6-8-21(13-18)34(31,32)27(4)5;/h6-11,13-14,16H,12,15,26H2,1-5H3;1H. The van der Waals surface area contributed by atoms with Crippen LogP contribution in [0.3, 0.4) is 0 Å². The molecule has 0 bridgehead atoms. The smallest absolute Gasteiger partial charge is 0.242 e. The molecule has 0 spiro atoms. The van der Waals surface area contributed by atoms with E-state index in [2.05, 4.69) is 0 Å². The Hall–Kier alpha value is -2.24. The predicted octanol–water partition coefficient (Wildman–Crippen LogP) is 4.28. The lowest BCUT2D eigenvalue weighted by Gasteiger charge is -2.13. The van der Waals surface area contributed by atoms with Crippen LogP contribution in [0.5, 0.6) is 0 Å². The second-order valence-corrected chi connectivity index (χ2v) is 13.2. The van der Waals surface area contributed by atoms with E-state index in [9.17, 15) is 21.2 Å². The maximum atomic E-state index is 14.5. The number of benzene rings is 2. The quantitative estimate of drug-likeness (QED) is 0.457. The first-order valence-corrected chi connectivity index (χ1v) is 13.7. The second kappa shape index (κ2) is 10.8. The SMILES string of the molecule is Cc1c(-c2cccc(S(=O)(=O)N(C)C)c2)c2cc(S(=O)(=O)C(C)C)ccc2n1CC(F)=CCN.Cl. The van der Waals surface area contributed by atoms with Gasteiger partial charge in [0.05, 0.1) is 21.6 Å². The Balaban J connectivity index is 0.00000432. The van der Waals surface area contributed by atoms with E-state index in [0.717, 1.165) is 4.31 Å². The predicted molar refractivity (Wildman–Crippen MR) is 141 cm³/mol. The summed E-state index contributed by atoms with van der Waals surface area (Å²) in [5.74, 6) is -0.420. The number of sulfone groups is 1. The molecular formula is C24H31ClFN3O4S2. The van der Waals surface area contributed by atoms with Gasteiger partial charge in [-0.15, -0.1) is 12.4 Å². The van der Waals surface area contributed by atoms with E-state index in [1.54, 1.807) is 55.7 Å². The third-order valence-electron chi connectivity index (χ3n) is 5.79. The second-order valence-electron chi connectivity index (χ2n) is 8.52. The van der Waals surface area contributed by atoms with Crippen molar-refractivity contribution in [2.24, 2.45) is 5.73 Å². The summed E-state index contributed by atoms with van der Waals surface area (Å²) in [5, 5.41) is -0.0192.